The van der Waals surface area contributed by atoms with Crippen molar-refractivity contribution in [1.29, 1.82) is 0 Å². The number of pyridine rings is 1. The molecule has 0 aliphatic heterocycles. The van der Waals surface area contributed by atoms with E-state index in [4.69, 9.17) is 0 Å². The highest BCUT2D eigenvalue weighted by molar-refractivity contribution is 9.08. The molecule has 0 saturated heterocycles. The summed E-state index contributed by atoms with van der Waals surface area (Å²) in [5, 5.41) is 0.868. The molecule has 17 heavy (non-hydrogen) atoms. The Hall–Kier alpha value is -0.220. The van der Waals surface area contributed by atoms with Gasteiger partial charge in [0, 0.05) is 24.6 Å². The first-order valence-corrected chi connectivity index (χ1v) is 8.35. The lowest BCUT2D eigenvalue weighted by molar-refractivity contribution is 0.660. The Morgan fingerprint density at radius 3 is 2.76 bits per heavy atom. The van der Waals surface area contributed by atoms with Gasteiger partial charge in [-0.3, -0.25) is 0 Å². The van der Waals surface area contributed by atoms with Crippen molar-refractivity contribution < 1.29 is 0 Å². The molecule has 0 fully saturated rings. The van der Waals surface area contributed by atoms with Crippen LogP contribution in [0.1, 0.15) is 24.5 Å². The summed E-state index contributed by atoms with van der Waals surface area (Å²) in [7, 11) is 2.13. The SMILES string of the molecule is CSCCC(C)N(C)c1ncc(CBr)cc1C. The fourth-order valence-electron chi connectivity index (χ4n) is 1.76. The van der Waals surface area contributed by atoms with Crippen molar-refractivity contribution >= 4 is 33.5 Å². The lowest BCUT2D eigenvalue weighted by atomic mass is 10.1. The molecule has 4 heteroatoms. The van der Waals surface area contributed by atoms with E-state index in [0.717, 1.165) is 11.1 Å². The van der Waals surface area contributed by atoms with Crippen LogP contribution >= 0.6 is 27.7 Å². The van der Waals surface area contributed by atoms with E-state index in [-0.39, 0.29) is 0 Å². The van der Waals surface area contributed by atoms with E-state index >= 15 is 0 Å². The minimum absolute atomic E-state index is 0.531. The first-order chi connectivity index (χ1) is 8.10. The predicted molar refractivity (Wildman–Crippen MR) is 82.5 cm³/mol. The van der Waals surface area contributed by atoms with Gasteiger partial charge in [0.15, 0.2) is 0 Å². The van der Waals surface area contributed by atoms with Gasteiger partial charge in [0.25, 0.3) is 0 Å². The standard InChI is InChI=1S/C13H21BrN2S/c1-10-7-12(8-14)9-15-13(10)16(3)11(2)5-6-17-4/h7,9,11H,5-6,8H2,1-4H3. The summed E-state index contributed by atoms with van der Waals surface area (Å²) in [6.07, 6.45) is 5.30. The van der Waals surface area contributed by atoms with Gasteiger partial charge in [-0.1, -0.05) is 22.0 Å². The third-order valence-electron chi connectivity index (χ3n) is 3.00. The molecule has 0 aliphatic rings. The van der Waals surface area contributed by atoms with E-state index in [9.17, 15) is 0 Å². The predicted octanol–water partition coefficient (Wildman–Crippen LogP) is 3.86. The molecule has 1 aromatic rings. The number of hydrogen-bond donors (Lipinski definition) is 0. The maximum Gasteiger partial charge on any atom is 0.131 e. The Bertz CT molecular complexity index is 357. The van der Waals surface area contributed by atoms with Crippen LogP contribution in [0.4, 0.5) is 5.82 Å². The number of aryl methyl sites for hydroxylation is 1. The van der Waals surface area contributed by atoms with Crippen molar-refractivity contribution in [1.82, 2.24) is 4.98 Å². The third-order valence-corrected chi connectivity index (χ3v) is 4.29. The van der Waals surface area contributed by atoms with Crippen molar-refractivity contribution in [3.63, 3.8) is 0 Å². The van der Waals surface area contributed by atoms with E-state index < -0.39 is 0 Å². The van der Waals surface area contributed by atoms with Crippen molar-refractivity contribution in [3.05, 3.63) is 23.4 Å². The van der Waals surface area contributed by atoms with Gasteiger partial charge in [0.2, 0.25) is 0 Å². The van der Waals surface area contributed by atoms with E-state index in [1.807, 2.05) is 18.0 Å². The summed E-state index contributed by atoms with van der Waals surface area (Å²) < 4.78 is 0. The molecule has 1 unspecified atom stereocenters. The topological polar surface area (TPSA) is 16.1 Å². The number of halogens is 1. The van der Waals surface area contributed by atoms with E-state index in [0.29, 0.717) is 6.04 Å². The van der Waals surface area contributed by atoms with Crippen LogP contribution in [-0.2, 0) is 5.33 Å². The molecule has 0 aliphatic carbocycles. The summed E-state index contributed by atoms with van der Waals surface area (Å²) in [6.45, 7) is 4.39. The summed E-state index contributed by atoms with van der Waals surface area (Å²) in [5.74, 6) is 2.30. The van der Waals surface area contributed by atoms with Gasteiger partial charge >= 0.3 is 0 Å². The minimum Gasteiger partial charge on any atom is -0.357 e. The first kappa shape index (κ1) is 14.8. The molecular formula is C13H21BrN2S. The molecule has 2 nitrogen and oxygen atoms in total. The van der Waals surface area contributed by atoms with Gasteiger partial charge in [0.05, 0.1) is 0 Å². The van der Waals surface area contributed by atoms with Crippen LogP contribution in [0, 0.1) is 6.92 Å². The Kier molecular flexibility index (Phi) is 6.34. The normalized spacial score (nSPS) is 12.5. The van der Waals surface area contributed by atoms with Crippen molar-refractivity contribution in [2.45, 2.75) is 31.6 Å². The zero-order chi connectivity index (χ0) is 12.8. The molecule has 0 spiro atoms. The fourth-order valence-corrected chi connectivity index (χ4v) is 2.64. The quantitative estimate of drug-likeness (QED) is 0.741. The maximum absolute atomic E-state index is 4.57. The number of hydrogen-bond acceptors (Lipinski definition) is 3. The van der Waals surface area contributed by atoms with Gasteiger partial charge in [0.1, 0.15) is 5.82 Å². The van der Waals surface area contributed by atoms with Gasteiger partial charge in [-0.15, -0.1) is 0 Å². The van der Waals surface area contributed by atoms with Crippen molar-refractivity contribution in [3.8, 4) is 0 Å². The molecule has 0 aromatic carbocycles. The lowest BCUT2D eigenvalue weighted by Gasteiger charge is -2.27. The Morgan fingerprint density at radius 1 is 1.53 bits per heavy atom. The Balaban J connectivity index is 2.77. The Labute approximate surface area is 117 Å². The third kappa shape index (κ3) is 4.18. The number of anilines is 1. The van der Waals surface area contributed by atoms with Crippen molar-refractivity contribution in [2.75, 3.05) is 24.0 Å². The largest absolute Gasteiger partial charge is 0.357 e. The van der Waals surface area contributed by atoms with Crippen LogP contribution in [0.5, 0.6) is 0 Å². The number of thioether (sulfide) groups is 1. The highest BCUT2D eigenvalue weighted by Gasteiger charge is 2.13. The summed E-state index contributed by atoms with van der Waals surface area (Å²) in [6, 6.07) is 2.73. The number of aromatic nitrogens is 1. The van der Waals surface area contributed by atoms with Gasteiger partial charge in [-0.25, -0.2) is 4.98 Å². The molecular weight excluding hydrogens is 296 g/mol. The molecule has 0 amide bonds. The van der Waals surface area contributed by atoms with Gasteiger partial charge in [-0.05, 0) is 43.4 Å². The zero-order valence-corrected chi connectivity index (χ0v) is 13.4. The highest BCUT2D eigenvalue weighted by atomic mass is 79.9. The second-order valence-corrected chi connectivity index (χ2v) is 5.91. The number of alkyl halides is 1. The minimum atomic E-state index is 0.531. The molecule has 96 valence electrons. The molecule has 1 atom stereocenters. The van der Waals surface area contributed by atoms with E-state index in [2.05, 4.69) is 59.0 Å². The molecule has 0 radical (unpaired) electrons. The number of nitrogens with zero attached hydrogens (tertiary/aromatic N) is 2. The molecule has 0 N–H and O–H groups in total. The van der Waals surface area contributed by atoms with Crippen LogP contribution in [0.25, 0.3) is 0 Å². The van der Waals surface area contributed by atoms with Crippen molar-refractivity contribution in [2.24, 2.45) is 0 Å². The van der Waals surface area contributed by atoms with Gasteiger partial charge in [-0.2, -0.15) is 11.8 Å². The smallest absolute Gasteiger partial charge is 0.131 e. The molecule has 1 rings (SSSR count). The fraction of sp³-hybridized carbons (Fsp3) is 0.615. The maximum atomic E-state index is 4.57. The van der Waals surface area contributed by atoms with Crippen LogP contribution in [0.15, 0.2) is 12.3 Å². The summed E-state index contributed by atoms with van der Waals surface area (Å²) in [5.41, 5.74) is 2.48. The molecule has 1 aromatic heterocycles. The molecule has 1 heterocycles. The summed E-state index contributed by atoms with van der Waals surface area (Å²) in [4.78, 5) is 6.85. The van der Waals surface area contributed by atoms with E-state index in [1.54, 1.807) is 0 Å². The lowest BCUT2D eigenvalue weighted by Crippen LogP contribution is -2.30. The number of rotatable bonds is 6. The average Bonchev–Trinajstić information content (AvgIpc) is 2.34. The van der Waals surface area contributed by atoms with Gasteiger partial charge < -0.3 is 4.90 Å². The second-order valence-electron chi connectivity index (χ2n) is 4.36. The molecule has 0 bridgehead atoms. The van der Waals surface area contributed by atoms with Crippen LogP contribution in [0.2, 0.25) is 0 Å². The summed E-state index contributed by atoms with van der Waals surface area (Å²) >= 11 is 5.36. The highest BCUT2D eigenvalue weighted by Crippen LogP contribution is 2.21. The second kappa shape index (κ2) is 7.27. The monoisotopic (exact) mass is 316 g/mol. The zero-order valence-electron chi connectivity index (χ0n) is 11.0. The first-order valence-electron chi connectivity index (χ1n) is 5.83. The van der Waals surface area contributed by atoms with E-state index in [1.165, 1.54) is 23.3 Å². The Morgan fingerprint density at radius 2 is 2.24 bits per heavy atom. The molecule has 0 saturated carbocycles. The van der Waals surface area contributed by atoms with Crippen LogP contribution in [-0.4, -0.2) is 30.1 Å². The van der Waals surface area contributed by atoms with Crippen LogP contribution < -0.4 is 4.90 Å². The average molecular weight is 317 g/mol. The van der Waals surface area contributed by atoms with Crippen LogP contribution in [0.3, 0.4) is 0 Å².